The molecule has 0 bridgehead atoms. The zero-order chi connectivity index (χ0) is 12.9. The highest BCUT2D eigenvalue weighted by atomic mass is 16.5. The van der Waals surface area contributed by atoms with Crippen molar-refractivity contribution >= 4 is 0 Å². The minimum absolute atomic E-state index is 0.0731. The SMILES string of the molecule is CCC(C)NC(C)(CO)c1ccc(OC)cc1. The Balaban J connectivity index is 2.90. The Labute approximate surface area is 104 Å². The van der Waals surface area contributed by atoms with Gasteiger partial charge in [-0.25, -0.2) is 0 Å². The van der Waals surface area contributed by atoms with Crippen LogP contribution in [0.5, 0.6) is 5.75 Å². The van der Waals surface area contributed by atoms with Crippen molar-refractivity contribution in [2.24, 2.45) is 0 Å². The molecule has 0 aromatic heterocycles. The first-order valence-electron chi connectivity index (χ1n) is 6.08. The Hall–Kier alpha value is -1.06. The number of rotatable bonds is 6. The van der Waals surface area contributed by atoms with Gasteiger partial charge >= 0.3 is 0 Å². The molecule has 0 heterocycles. The van der Waals surface area contributed by atoms with Gasteiger partial charge in [0.05, 0.1) is 19.3 Å². The van der Waals surface area contributed by atoms with Crippen LogP contribution in [0.15, 0.2) is 24.3 Å². The Bertz CT molecular complexity index is 337. The maximum atomic E-state index is 9.62. The van der Waals surface area contributed by atoms with Crippen LogP contribution in [0.25, 0.3) is 0 Å². The summed E-state index contributed by atoms with van der Waals surface area (Å²) in [5, 5.41) is 13.1. The van der Waals surface area contributed by atoms with E-state index >= 15 is 0 Å². The van der Waals surface area contributed by atoms with E-state index < -0.39 is 5.54 Å². The summed E-state index contributed by atoms with van der Waals surface area (Å²) in [4.78, 5) is 0. The Morgan fingerprint density at radius 2 is 1.94 bits per heavy atom. The van der Waals surface area contributed by atoms with Crippen LogP contribution in [0.1, 0.15) is 32.8 Å². The second-order valence-electron chi connectivity index (χ2n) is 4.67. The molecule has 1 rings (SSSR count). The fraction of sp³-hybridized carbons (Fsp3) is 0.571. The highest BCUT2D eigenvalue weighted by Gasteiger charge is 2.26. The number of nitrogens with one attached hydrogen (secondary N) is 1. The topological polar surface area (TPSA) is 41.5 Å². The molecule has 3 heteroatoms. The zero-order valence-corrected chi connectivity index (χ0v) is 11.2. The van der Waals surface area contributed by atoms with Crippen LogP contribution < -0.4 is 10.1 Å². The standard InChI is InChI=1S/C14H23NO2/c1-5-11(2)15-14(3,10-16)12-6-8-13(17-4)9-7-12/h6-9,11,15-16H,5,10H2,1-4H3. The summed E-state index contributed by atoms with van der Waals surface area (Å²) in [6.45, 7) is 6.34. The molecule has 0 aliphatic carbocycles. The third-order valence-electron chi connectivity index (χ3n) is 3.22. The summed E-state index contributed by atoms with van der Waals surface area (Å²) in [6, 6.07) is 8.19. The predicted octanol–water partition coefficient (Wildman–Crippen LogP) is 2.29. The van der Waals surface area contributed by atoms with E-state index in [0.29, 0.717) is 6.04 Å². The van der Waals surface area contributed by atoms with Crippen LogP contribution in [-0.2, 0) is 5.54 Å². The summed E-state index contributed by atoms with van der Waals surface area (Å²) in [6.07, 6.45) is 1.03. The van der Waals surface area contributed by atoms with Crippen LogP contribution in [0.2, 0.25) is 0 Å². The summed E-state index contributed by atoms with van der Waals surface area (Å²) in [5.74, 6) is 0.831. The van der Waals surface area contributed by atoms with Crippen molar-refractivity contribution in [1.29, 1.82) is 0 Å². The summed E-state index contributed by atoms with van der Waals surface area (Å²) >= 11 is 0. The molecule has 0 aliphatic heterocycles. The largest absolute Gasteiger partial charge is 0.497 e. The number of aliphatic hydroxyl groups is 1. The first-order valence-corrected chi connectivity index (χ1v) is 6.08. The third kappa shape index (κ3) is 3.45. The number of aliphatic hydroxyl groups excluding tert-OH is 1. The first-order chi connectivity index (χ1) is 8.05. The van der Waals surface area contributed by atoms with E-state index in [-0.39, 0.29) is 6.61 Å². The van der Waals surface area contributed by atoms with Crippen LogP contribution in [-0.4, -0.2) is 24.9 Å². The van der Waals surface area contributed by atoms with E-state index in [9.17, 15) is 5.11 Å². The van der Waals surface area contributed by atoms with E-state index in [1.165, 1.54) is 0 Å². The molecule has 1 aromatic rings. The van der Waals surface area contributed by atoms with Gasteiger partial charge in [0.25, 0.3) is 0 Å². The Morgan fingerprint density at radius 3 is 2.35 bits per heavy atom. The van der Waals surface area contributed by atoms with Crippen LogP contribution in [0.3, 0.4) is 0 Å². The number of benzene rings is 1. The van der Waals surface area contributed by atoms with Crippen molar-refractivity contribution in [1.82, 2.24) is 5.32 Å². The van der Waals surface area contributed by atoms with Crippen LogP contribution >= 0.6 is 0 Å². The normalized spacial score (nSPS) is 16.3. The highest BCUT2D eigenvalue weighted by molar-refractivity contribution is 5.31. The Kier molecular flexibility index (Phi) is 4.97. The van der Waals surface area contributed by atoms with Crippen molar-refractivity contribution in [2.45, 2.75) is 38.8 Å². The lowest BCUT2D eigenvalue weighted by molar-refractivity contribution is 0.162. The van der Waals surface area contributed by atoms with Gasteiger partial charge in [-0.15, -0.1) is 0 Å². The van der Waals surface area contributed by atoms with Crippen molar-refractivity contribution in [3.8, 4) is 5.75 Å². The summed E-state index contributed by atoms with van der Waals surface area (Å²) in [5.41, 5.74) is 0.669. The molecule has 2 N–H and O–H groups in total. The molecule has 0 saturated heterocycles. The third-order valence-corrected chi connectivity index (χ3v) is 3.22. The zero-order valence-electron chi connectivity index (χ0n) is 11.2. The van der Waals surface area contributed by atoms with Gasteiger partial charge in [-0.2, -0.15) is 0 Å². The lowest BCUT2D eigenvalue weighted by atomic mass is 9.91. The highest BCUT2D eigenvalue weighted by Crippen LogP contribution is 2.23. The van der Waals surface area contributed by atoms with Crippen LogP contribution in [0, 0.1) is 0 Å². The van der Waals surface area contributed by atoms with Gasteiger partial charge in [0, 0.05) is 6.04 Å². The molecular formula is C14H23NO2. The Morgan fingerprint density at radius 1 is 1.35 bits per heavy atom. The van der Waals surface area contributed by atoms with Gasteiger partial charge in [-0.3, -0.25) is 0 Å². The van der Waals surface area contributed by atoms with Gasteiger partial charge in [-0.1, -0.05) is 19.1 Å². The fourth-order valence-electron chi connectivity index (χ4n) is 1.83. The monoisotopic (exact) mass is 237 g/mol. The lowest BCUT2D eigenvalue weighted by Gasteiger charge is -2.32. The van der Waals surface area contributed by atoms with Gasteiger partial charge in [0.2, 0.25) is 0 Å². The molecule has 0 spiro atoms. The van der Waals surface area contributed by atoms with Crippen molar-refractivity contribution in [2.75, 3.05) is 13.7 Å². The molecule has 0 fully saturated rings. The second-order valence-corrected chi connectivity index (χ2v) is 4.67. The molecule has 1 aromatic carbocycles. The number of ether oxygens (including phenoxy) is 1. The number of hydrogen-bond acceptors (Lipinski definition) is 3. The number of methoxy groups -OCH3 is 1. The maximum absolute atomic E-state index is 9.62. The molecule has 0 saturated carbocycles. The molecule has 0 radical (unpaired) electrons. The van der Waals surface area contributed by atoms with Crippen molar-refractivity contribution in [3.63, 3.8) is 0 Å². The summed E-state index contributed by atoms with van der Waals surface area (Å²) < 4.78 is 5.13. The molecule has 96 valence electrons. The smallest absolute Gasteiger partial charge is 0.118 e. The second kappa shape index (κ2) is 6.03. The molecular weight excluding hydrogens is 214 g/mol. The van der Waals surface area contributed by atoms with Crippen LogP contribution in [0.4, 0.5) is 0 Å². The van der Waals surface area contributed by atoms with E-state index in [1.807, 2.05) is 31.2 Å². The minimum Gasteiger partial charge on any atom is -0.497 e. The van der Waals surface area contributed by atoms with E-state index in [1.54, 1.807) is 7.11 Å². The average Bonchev–Trinajstić information content (AvgIpc) is 2.38. The maximum Gasteiger partial charge on any atom is 0.118 e. The minimum atomic E-state index is -0.401. The predicted molar refractivity (Wildman–Crippen MR) is 70.3 cm³/mol. The lowest BCUT2D eigenvalue weighted by Crippen LogP contribution is -2.47. The van der Waals surface area contributed by atoms with Gasteiger partial charge < -0.3 is 15.2 Å². The quantitative estimate of drug-likeness (QED) is 0.797. The molecule has 0 amide bonds. The van der Waals surface area contributed by atoms with E-state index in [2.05, 4.69) is 19.2 Å². The molecule has 3 nitrogen and oxygen atoms in total. The molecule has 17 heavy (non-hydrogen) atoms. The van der Waals surface area contributed by atoms with Gasteiger partial charge in [0.1, 0.15) is 5.75 Å². The van der Waals surface area contributed by atoms with E-state index in [0.717, 1.165) is 17.7 Å². The number of hydrogen-bond donors (Lipinski definition) is 2. The van der Waals surface area contributed by atoms with E-state index in [4.69, 9.17) is 4.74 Å². The van der Waals surface area contributed by atoms with Crippen molar-refractivity contribution in [3.05, 3.63) is 29.8 Å². The van der Waals surface area contributed by atoms with Gasteiger partial charge in [-0.05, 0) is 38.0 Å². The summed E-state index contributed by atoms with van der Waals surface area (Å²) in [7, 11) is 1.65. The van der Waals surface area contributed by atoms with Gasteiger partial charge in [0.15, 0.2) is 0 Å². The average molecular weight is 237 g/mol. The molecule has 2 atom stereocenters. The molecule has 0 aliphatic rings. The fourth-order valence-corrected chi connectivity index (χ4v) is 1.83. The molecule has 2 unspecified atom stereocenters. The van der Waals surface area contributed by atoms with Crippen molar-refractivity contribution < 1.29 is 9.84 Å². The first kappa shape index (κ1) is 14.0.